The maximum Gasteiger partial charge on any atom is 0.161 e. The van der Waals surface area contributed by atoms with Gasteiger partial charge in [-0.15, -0.1) is 0 Å². The van der Waals surface area contributed by atoms with E-state index in [9.17, 15) is 0 Å². The molecule has 0 radical (unpaired) electrons. The van der Waals surface area contributed by atoms with Gasteiger partial charge in [-0.05, 0) is 41.4 Å². The van der Waals surface area contributed by atoms with Gasteiger partial charge in [-0.1, -0.05) is 6.92 Å². The lowest BCUT2D eigenvalue weighted by molar-refractivity contribution is 0.958. The number of hydrogen-bond donors (Lipinski definition) is 1. The molecule has 0 saturated heterocycles. The molecular weight excluding hydrogens is 292 g/mol. The first-order chi connectivity index (χ1) is 8.72. The topological polar surface area (TPSA) is 50.7 Å². The van der Waals surface area contributed by atoms with Crippen LogP contribution < -0.4 is 5.32 Å². The summed E-state index contributed by atoms with van der Waals surface area (Å²) in [5.41, 5.74) is 1.90. The first kappa shape index (κ1) is 13.0. The molecule has 2 aromatic rings. The summed E-state index contributed by atoms with van der Waals surface area (Å²) < 4.78 is 0.925. The highest BCUT2D eigenvalue weighted by atomic mass is 79.9. The van der Waals surface area contributed by atoms with E-state index in [0.29, 0.717) is 0 Å². The van der Waals surface area contributed by atoms with Gasteiger partial charge in [0.05, 0.1) is 10.2 Å². The van der Waals surface area contributed by atoms with E-state index in [1.807, 2.05) is 19.1 Å². The molecule has 1 N–H and O–H groups in total. The van der Waals surface area contributed by atoms with Crippen LogP contribution >= 0.6 is 15.9 Å². The van der Waals surface area contributed by atoms with Gasteiger partial charge in [0, 0.05) is 24.5 Å². The zero-order valence-corrected chi connectivity index (χ0v) is 12.0. The Labute approximate surface area is 115 Å². The summed E-state index contributed by atoms with van der Waals surface area (Å²) in [7, 11) is 0. The number of pyridine rings is 1. The van der Waals surface area contributed by atoms with Crippen molar-refractivity contribution < 1.29 is 0 Å². The van der Waals surface area contributed by atoms with Crippen LogP contribution in [0, 0.1) is 6.92 Å². The third-order valence-corrected chi connectivity index (χ3v) is 3.45. The average molecular weight is 307 g/mol. The Hall–Kier alpha value is -1.49. The minimum atomic E-state index is 0.719. The van der Waals surface area contributed by atoms with Crippen molar-refractivity contribution in [3.63, 3.8) is 0 Å². The number of nitrogens with one attached hydrogen (secondary N) is 1. The second kappa shape index (κ2) is 5.91. The summed E-state index contributed by atoms with van der Waals surface area (Å²) in [6.45, 7) is 4.98. The van der Waals surface area contributed by atoms with Crippen LogP contribution in [-0.4, -0.2) is 21.5 Å². The van der Waals surface area contributed by atoms with Gasteiger partial charge in [-0.2, -0.15) is 0 Å². The van der Waals surface area contributed by atoms with Gasteiger partial charge in [0.2, 0.25) is 0 Å². The lowest BCUT2D eigenvalue weighted by Crippen LogP contribution is -2.06. The van der Waals surface area contributed by atoms with E-state index >= 15 is 0 Å². The molecule has 0 aromatic carbocycles. The average Bonchev–Trinajstić information content (AvgIpc) is 2.41. The van der Waals surface area contributed by atoms with E-state index in [1.165, 1.54) is 0 Å². The van der Waals surface area contributed by atoms with E-state index < -0.39 is 0 Å². The van der Waals surface area contributed by atoms with Crippen molar-refractivity contribution >= 4 is 21.7 Å². The molecule has 2 rings (SSSR count). The minimum Gasteiger partial charge on any atom is -0.369 e. The van der Waals surface area contributed by atoms with Crippen LogP contribution in [-0.2, 0) is 0 Å². The van der Waals surface area contributed by atoms with Crippen molar-refractivity contribution in [3.8, 4) is 11.4 Å². The van der Waals surface area contributed by atoms with E-state index in [2.05, 4.69) is 43.1 Å². The molecular formula is C13H15BrN4. The van der Waals surface area contributed by atoms with Crippen LogP contribution in [0.1, 0.15) is 19.0 Å². The number of rotatable bonds is 4. The van der Waals surface area contributed by atoms with E-state index in [0.717, 1.165) is 40.3 Å². The lowest BCUT2D eigenvalue weighted by Gasteiger charge is -2.10. The number of hydrogen-bond acceptors (Lipinski definition) is 4. The summed E-state index contributed by atoms with van der Waals surface area (Å²) in [4.78, 5) is 13.0. The first-order valence-electron chi connectivity index (χ1n) is 5.90. The second-order valence-corrected chi connectivity index (χ2v) is 4.75. The molecule has 2 heterocycles. The first-order valence-corrected chi connectivity index (χ1v) is 6.70. The summed E-state index contributed by atoms with van der Waals surface area (Å²) in [5.74, 6) is 1.56. The van der Waals surface area contributed by atoms with Gasteiger partial charge in [0.25, 0.3) is 0 Å². The number of nitrogens with zero attached hydrogens (tertiary/aromatic N) is 3. The molecule has 4 nitrogen and oxygen atoms in total. The maximum absolute atomic E-state index is 4.54. The summed E-state index contributed by atoms with van der Waals surface area (Å²) in [6, 6.07) is 3.82. The molecule has 0 spiro atoms. The van der Waals surface area contributed by atoms with Gasteiger partial charge < -0.3 is 5.32 Å². The monoisotopic (exact) mass is 306 g/mol. The third-order valence-electron chi connectivity index (χ3n) is 2.50. The van der Waals surface area contributed by atoms with E-state index in [-0.39, 0.29) is 0 Å². The van der Waals surface area contributed by atoms with Crippen molar-refractivity contribution in [2.45, 2.75) is 20.3 Å². The Morgan fingerprint density at radius 1 is 1.22 bits per heavy atom. The number of aryl methyl sites for hydroxylation is 1. The largest absolute Gasteiger partial charge is 0.369 e. The Morgan fingerprint density at radius 2 is 1.94 bits per heavy atom. The molecule has 2 aromatic heterocycles. The molecule has 0 unspecified atom stereocenters. The summed E-state index contributed by atoms with van der Waals surface area (Å²) in [6.07, 6.45) is 4.55. The third kappa shape index (κ3) is 2.85. The van der Waals surface area contributed by atoms with Crippen LogP contribution in [0.4, 0.5) is 5.82 Å². The molecule has 0 aliphatic heterocycles. The molecule has 0 amide bonds. The molecule has 94 valence electrons. The molecule has 0 aliphatic carbocycles. The zero-order valence-electron chi connectivity index (χ0n) is 10.4. The van der Waals surface area contributed by atoms with E-state index in [1.54, 1.807) is 12.4 Å². The molecule has 0 aliphatic rings. The van der Waals surface area contributed by atoms with Crippen LogP contribution in [0.5, 0.6) is 0 Å². The summed E-state index contributed by atoms with van der Waals surface area (Å²) in [5, 5.41) is 3.30. The fraction of sp³-hybridized carbons (Fsp3) is 0.308. The maximum atomic E-state index is 4.54. The van der Waals surface area contributed by atoms with Crippen LogP contribution in [0.3, 0.4) is 0 Å². The quantitative estimate of drug-likeness (QED) is 0.940. The molecule has 5 heteroatoms. The highest BCUT2D eigenvalue weighted by Crippen LogP contribution is 2.26. The van der Waals surface area contributed by atoms with Crippen molar-refractivity contribution in [1.82, 2.24) is 15.0 Å². The molecule has 0 fully saturated rings. The fourth-order valence-corrected chi connectivity index (χ4v) is 1.87. The van der Waals surface area contributed by atoms with Crippen LogP contribution in [0.15, 0.2) is 29.0 Å². The van der Waals surface area contributed by atoms with Gasteiger partial charge in [-0.25, -0.2) is 9.97 Å². The second-order valence-electron chi connectivity index (χ2n) is 3.96. The predicted octanol–water partition coefficient (Wildman–Crippen LogP) is 3.43. The van der Waals surface area contributed by atoms with Gasteiger partial charge >= 0.3 is 0 Å². The highest BCUT2D eigenvalue weighted by molar-refractivity contribution is 9.10. The minimum absolute atomic E-state index is 0.719. The molecule has 0 bridgehead atoms. The van der Waals surface area contributed by atoms with Crippen molar-refractivity contribution in [2.75, 3.05) is 11.9 Å². The molecule has 18 heavy (non-hydrogen) atoms. The zero-order chi connectivity index (χ0) is 13.0. The Bertz CT molecular complexity index is 528. The fourth-order valence-electron chi connectivity index (χ4n) is 1.55. The lowest BCUT2D eigenvalue weighted by atomic mass is 10.2. The van der Waals surface area contributed by atoms with Crippen molar-refractivity contribution in [2.24, 2.45) is 0 Å². The number of halogens is 1. The van der Waals surface area contributed by atoms with Gasteiger partial charge in [0.15, 0.2) is 5.82 Å². The predicted molar refractivity (Wildman–Crippen MR) is 76.5 cm³/mol. The van der Waals surface area contributed by atoms with E-state index in [4.69, 9.17) is 0 Å². The Balaban J connectivity index is 2.41. The van der Waals surface area contributed by atoms with Crippen LogP contribution in [0.25, 0.3) is 11.4 Å². The number of anilines is 1. The van der Waals surface area contributed by atoms with Gasteiger partial charge in [0.1, 0.15) is 5.82 Å². The normalized spacial score (nSPS) is 10.4. The van der Waals surface area contributed by atoms with Crippen LogP contribution in [0.2, 0.25) is 0 Å². The summed E-state index contributed by atoms with van der Waals surface area (Å²) >= 11 is 3.52. The number of aromatic nitrogens is 3. The Morgan fingerprint density at radius 3 is 2.61 bits per heavy atom. The van der Waals surface area contributed by atoms with Crippen molar-refractivity contribution in [1.29, 1.82) is 0 Å². The van der Waals surface area contributed by atoms with Gasteiger partial charge in [-0.3, -0.25) is 4.98 Å². The van der Waals surface area contributed by atoms with Crippen molar-refractivity contribution in [3.05, 3.63) is 34.7 Å². The highest BCUT2D eigenvalue weighted by Gasteiger charge is 2.10. The standard InChI is InChI=1S/C13H15BrN4/c1-3-6-16-13-11(14)9(2)17-12(18-13)10-4-7-15-8-5-10/h4-5,7-8H,3,6H2,1-2H3,(H,16,17,18). The molecule has 0 atom stereocenters. The SMILES string of the molecule is CCCNc1nc(-c2ccncc2)nc(C)c1Br. The molecule has 0 saturated carbocycles. The smallest absolute Gasteiger partial charge is 0.161 e. The Kier molecular flexibility index (Phi) is 4.25.